The van der Waals surface area contributed by atoms with Crippen LogP contribution in [0.25, 0.3) is 22.2 Å². The van der Waals surface area contributed by atoms with Gasteiger partial charge in [0, 0.05) is 40.3 Å². The first-order valence-electron chi connectivity index (χ1n) is 8.59. The van der Waals surface area contributed by atoms with Crippen molar-refractivity contribution in [1.29, 1.82) is 0 Å². The SMILES string of the molecule is Cn1c(=O)cc(-c2cccc(Cl)c2)c2cc(C(F)c3ccc(Cl)cc3)cnc21. The Morgan fingerprint density at radius 1 is 0.964 bits per heavy atom. The number of hydrogen-bond acceptors (Lipinski definition) is 2. The van der Waals surface area contributed by atoms with Crippen molar-refractivity contribution < 1.29 is 4.39 Å². The minimum Gasteiger partial charge on any atom is -0.296 e. The second-order valence-corrected chi connectivity index (χ2v) is 7.39. The molecule has 1 unspecified atom stereocenters. The number of aromatic nitrogens is 2. The third-order valence-corrected chi connectivity index (χ3v) is 5.17. The highest BCUT2D eigenvalue weighted by Gasteiger charge is 2.17. The number of rotatable bonds is 3. The summed E-state index contributed by atoms with van der Waals surface area (Å²) in [6.07, 6.45) is 0.0987. The van der Waals surface area contributed by atoms with Gasteiger partial charge in [-0.05, 0) is 47.0 Å². The van der Waals surface area contributed by atoms with E-state index in [9.17, 15) is 4.79 Å². The van der Waals surface area contributed by atoms with Crippen LogP contribution in [-0.2, 0) is 7.05 Å². The molecule has 0 amide bonds. The summed E-state index contributed by atoms with van der Waals surface area (Å²) in [5.74, 6) is 0. The van der Waals surface area contributed by atoms with Crippen LogP contribution in [0.4, 0.5) is 4.39 Å². The number of nitrogens with zero attached hydrogens (tertiary/aromatic N) is 2. The zero-order valence-electron chi connectivity index (χ0n) is 14.9. The molecule has 0 saturated carbocycles. The van der Waals surface area contributed by atoms with Crippen LogP contribution in [0.2, 0.25) is 10.0 Å². The maximum absolute atomic E-state index is 15.1. The first-order valence-corrected chi connectivity index (χ1v) is 9.35. The molecule has 0 aliphatic heterocycles. The fourth-order valence-electron chi connectivity index (χ4n) is 3.20. The summed E-state index contributed by atoms with van der Waals surface area (Å²) in [5, 5.41) is 1.78. The van der Waals surface area contributed by atoms with Gasteiger partial charge in [-0.1, -0.05) is 47.5 Å². The summed E-state index contributed by atoms with van der Waals surface area (Å²) in [7, 11) is 1.64. The second-order valence-electron chi connectivity index (χ2n) is 6.52. The highest BCUT2D eigenvalue weighted by molar-refractivity contribution is 6.31. The Morgan fingerprint density at radius 3 is 2.43 bits per heavy atom. The van der Waals surface area contributed by atoms with E-state index >= 15 is 4.39 Å². The molecular formula is C22H15Cl2FN2O. The van der Waals surface area contributed by atoms with Gasteiger partial charge in [-0.3, -0.25) is 9.36 Å². The van der Waals surface area contributed by atoms with Gasteiger partial charge in [0.25, 0.3) is 5.56 Å². The molecule has 140 valence electrons. The molecule has 2 aromatic carbocycles. The minimum atomic E-state index is -1.36. The van der Waals surface area contributed by atoms with Crippen LogP contribution >= 0.6 is 23.2 Å². The summed E-state index contributed by atoms with van der Waals surface area (Å²) in [5.41, 5.74) is 2.61. The predicted octanol–water partition coefficient (Wildman–Crippen LogP) is 5.97. The van der Waals surface area contributed by atoms with Gasteiger partial charge in [0.2, 0.25) is 0 Å². The molecule has 2 aromatic heterocycles. The lowest BCUT2D eigenvalue weighted by Crippen LogP contribution is -2.17. The normalized spacial score (nSPS) is 12.3. The van der Waals surface area contributed by atoms with E-state index < -0.39 is 6.17 Å². The Labute approximate surface area is 171 Å². The van der Waals surface area contributed by atoms with Gasteiger partial charge in [0.05, 0.1) is 0 Å². The molecule has 0 bridgehead atoms. The monoisotopic (exact) mass is 412 g/mol. The van der Waals surface area contributed by atoms with E-state index in [1.165, 1.54) is 16.8 Å². The number of alkyl halides is 1. The topological polar surface area (TPSA) is 34.9 Å². The molecule has 0 N–H and O–H groups in total. The number of pyridine rings is 2. The number of aryl methyl sites for hydroxylation is 1. The van der Waals surface area contributed by atoms with Crippen LogP contribution in [0.1, 0.15) is 17.3 Å². The van der Waals surface area contributed by atoms with Crippen LogP contribution in [0.15, 0.2) is 71.7 Å². The lowest BCUT2D eigenvalue weighted by Gasteiger charge is -2.14. The van der Waals surface area contributed by atoms with E-state index in [4.69, 9.17) is 23.2 Å². The Kier molecular flexibility index (Phi) is 4.92. The Morgan fingerprint density at radius 2 is 1.71 bits per heavy atom. The van der Waals surface area contributed by atoms with Gasteiger partial charge < -0.3 is 0 Å². The summed E-state index contributed by atoms with van der Waals surface area (Å²) in [4.78, 5) is 16.8. The smallest absolute Gasteiger partial charge is 0.252 e. The fourth-order valence-corrected chi connectivity index (χ4v) is 3.52. The molecule has 0 aliphatic rings. The summed E-state index contributed by atoms with van der Waals surface area (Å²) in [6, 6.07) is 17.1. The first-order chi connectivity index (χ1) is 13.4. The molecule has 0 saturated heterocycles. The average Bonchev–Trinajstić information content (AvgIpc) is 2.70. The van der Waals surface area contributed by atoms with E-state index in [0.29, 0.717) is 37.8 Å². The van der Waals surface area contributed by atoms with E-state index in [0.717, 1.165) is 5.56 Å². The first kappa shape index (κ1) is 18.7. The highest BCUT2D eigenvalue weighted by Crippen LogP contribution is 2.32. The summed E-state index contributed by atoms with van der Waals surface area (Å²) < 4.78 is 16.6. The van der Waals surface area contributed by atoms with E-state index in [-0.39, 0.29) is 5.56 Å². The van der Waals surface area contributed by atoms with Gasteiger partial charge in [-0.2, -0.15) is 0 Å². The lowest BCUT2D eigenvalue weighted by molar-refractivity contribution is 0.401. The zero-order valence-corrected chi connectivity index (χ0v) is 16.4. The summed E-state index contributed by atoms with van der Waals surface area (Å²) in [6.45, 7) is 0. The molecule has 1 atom stereocenters. The molecule has 0 spiro atoms. The van der Waals surface area contributed by atoms with Crippen molar-refractivity contribution >= 4 is 34.2 Å². The minimum absolute atomic E-state index is 0.197. The van der Waals surface area contributed by atoms with Gasteiger partial charge in [0.15, 0.2) is 6.17 Å². The summed E-state index contributed by atoms with van der Waals surface area (Å²) >= 11 is 12.0. The second kappa shape index (κ2) is 7.38. The fraction of sp³-hybridized carbons (Fsp3) is 0.0909. The number of fused-ring (bicyclic) bond motifs is 1. The van der Waals surface area contributed by atoms with Crippen molar-refractivity contribution in [3.05, 3.63) is 98.4 Å². The molecule has 0 radical (unpaired) electrons. The molecule has 2 heterocycles. The zero-order chi connectivity index (χ0) is 19.8. The third-order valence-electron chi connectivity index (χ3n) is 4.69. The molecule has 4 rings (SSSR count). The van der Waals surface area contributed by atoms with Crippen molar-refractivity contribution in [3.63, 3.8) is 0 Å². The standard InChI is InChI=1S/C22H15Cl2FN2O/c1-27-20(28)11-18(14-3-2-4-17(24)9-14)19-10-15(12-26-22(19)27)21(25)13-5-7-16(23)8-6-13/h2-12,21H,1H3. The number of benzene rings is 2. The largest absolute Gasteiger partial charge is 0.296 e. The maximum Gasteiger partial charge on any atom is 0.252 e. The van der Waals surface area contributed by atoms with Crippen LogP contribution in [0.3, 0.4) is 0 Å². The number of halogens is 3. The average molecular weight is 413 g/mol. The van der Waals surface area contributed by atoms with Gasteiger partial charge >= 0.3 is 0 Å². The Bertz CT molecular complexity index is 1240. The molecule has 0 aliphatic carbocycles. The Balaban J connectivity index is 1.92. The number of hydrogen-bond donors (Lipinski definition) is 0. The van der Waals surface area contributed by atoms with Crippen molar-refractivity contribution in [1.82, 2.24) is 9.55 Å². The van der Waals surface area contributed by atoms with Gasteiger partial charge in [-0.25, -0.2) is 9.37 Å². The van der Waals surface area contributed by atoms with Crippen LogP contribution in [-0.4, -0.2) is 9.55 Å². The van der Waals surface area contributed by atoms with Crippen molar-refractivity contribution in [2.75, 3.05) is 0 Å². The van der Waals surface area contributed by atoms with E-state index in [1.807, 2.05) is 12.1 Å². The highest BCUT2D eigenvalue weighted by atomic mass is 35.5. The van der Waals surface area contributed by atoms with Gasteiger partial charge in [-0.15, -0.1) is 0 Å². The van der Waals surface area contributed by atoms with Crippen molar-refractivity contribution in [2.45, 2.75) is 6.17 Å². The quantitative estimate of drug-likeness (QED) is 0.415. The van der Waals surface area contributed by atoms with Crippen LogP contribution < -0.4 is 5.56 Å². The van der Waals surface area contributed by atoms with Crippen LogP contribution in [0.5, 0.6) is 0 Å². The molecule has 3 nitrogen and oxygen atoms in total. The van der Waals surface area contributed by atoms with Crippen molar-refractivity contribution in [3.8, 4) is 11.1 Å². The van der Waals surface area contributed by atoms with Gasteiger partial charge in [0.1, 0.15) is 5.65 Å². The van der Waals surface area contributed by atoms with Crippen molar-refractivity contribution in [2.24, 2.45) is 7.05 Å². The molecule has 0 fully saturated rings. The van der Waals surface area contributed by atoms with E-state index in [1.54, 1.807) is 49.5 Å². The third kappa shape index (κ3) is 3.41. The molecular weight excluding hydrogens is 398 g/mol. The molecule has 4 aromatic rings. The molecule has 6 heteroatoms. The van der Waals surface area contributed by atoms with Crippen LogP contribution in [0, 0.1) is 0 Å². The van der Waals surface area contributed by atoms with E-state index in [2.05, 4.69) is 4.98 Å². The predicted molar refractivity (Wildman–Crippen MR) is 112 cm³/mol. The lowest BCUT2D eigenvalue weighted by atomic mass is 9.99. The Hall–Kier alpha value is -2.69. The maximum atomic E-state index is 15.1. The molecule has 28 heavy (non-hydrogen) atoms.